The van der Waals surface area contributed by atoms with E-state index in [0.717, 1.165) is 27.0 Å². The first kappa shape index (κ1) is 30.9. The summed E-state index contributed by atoms with van der Waals surface area (Å²) in [4.78, 5) is 35.4. The molecule has 2 amide bonds. The predicted octanol–water partition coefficient (Wildman–Crippen LogP) is 6.23. The van der Waals surface area contributed by atoms with Crippen LogP contribution in [0.2, 0.25) is 5.02 Å². The Morgan fingerprint density at radius 3 is 2.75 bits per heavy atom. The molecule has 2 bridgehead atoms. The van der Waals surface area contributed by atoms with E-state index in [9.17, 15) is 14.0 Å². The number of hydrogen-bond donors (Lipinski definition) is 5. The number of nitrogens with one attached hydrogen (secondary N) is 3. The van der Waals surface area contributed by atoms with Crippen molar-refractivity contribution in [2.24, 2.45) is 17.5 Å². The lowest BCUT2D eigenvalue weighted by Gasteiger charge is -2.24. The summed E-state index contributed by atoms with van der Waals surface area (Å²) in [5.41, 5.74) is 9.80. The number of nitrogens with zero attached hydrogens (tertiary/aromatic N) is 3. The lowest BCUT2D eigenvalue weighted by atomic mass is 9.95. The Morgan fingerprint density at radius 2 is 1.98 bits per heavy atom. The second kappa shape index (κ2) is 13.4. The van der Waals surface area contributed by atoms with Crippen LogP contribution in [0, 0.1) is 11.7 Å². The van der Waals surface area contributed by atoms with Crippen LogP contribution >= 0.6 is 22.9 Å². The number of pyridine rings is 1. The van der Waals surface area contributed by atoms with Crippen molar-refractivity contribution in [3.8, 4) is 11.1 Å². The van der Waals surface area contributed by atoms with Crippen molar-refractivity contribution in [2.45, 2.75) is 39.2 Å². The summed E-state index contributed by atoms with van der Waals surface area (Å²) in [6.07, 6.45) is 5.10. The van der Waals surface area contributed by atoms with Crippen molar-refractivity contribution in [2.75, 3.05) is 15.6 Å². The van der Waals surface area contributed by atoms with E-state index < -0.39 is 17.8 Å². The molecule has 1 aliphatic heterocycles. The summed E-state index contributed by atoms with van der Waals surface area (Å²) in [6.45, 7) is 3.39. The minimum atomic E-state index is -0.728. The molecule has 0 saturated heterocycles. The van der Waals surface area contributed by atoms with Crippen molar-refractivity contribution in [3.63, 3.8) is 0 Å². The van der Waals surface area contributed by atoms with Gasteiger partial charge in [-0.3, -0.25) is 19.6 Å². The second-order valence-electron chi connectivity index (χ2n) is 10.5. The number of thiazole rings is 1. The Hall–Kier alpha value is -4.52. The Balaban J connectivity index is 1.46. The van der Waals surface area contributed by atoms with Gasteiger partial charge in [0.25, 0.3) is 5.91 Å². The lowest BCUT2D eigenvalue weighted by Crippen LogP contribution is -2.38. The molecule has 2 unspecified atom stereocenters. The molecular weight excluding hydrogens is 603 g/mol. The average molecular weight is 635 g/mol. The largest absolute Gasteiger partial charge is 0.393 e. The number of nitrogens with two attached hydrogens (primary N) is 2. The Kier molecular flexibility index (Phi) is 9.43. The van der Waals surface area contributed by atoms with Gasteiger partial charge in [-0.1, -0.05) is 37.1 Å². The van der Waals surface area contributed by atoms with Gasteiger partial charge in [-0.05, 0) is 61.7 Å². The number of aromatic nitrogens is 2. The van der Waals surface area contributed by atoms with E-state index in [0.29, 0.717) is 30.6 Å². The SMILES string of the molecule is C/C(=C(/N)C(=O)NC1CCCC(C)C(=O)Nc2cc(Nc3nccs3)ccc2-c2ccnc1c2)N(N)c1cccc(Cl)c1F. The number of allylic oxidation sites excluding steroid dienone is 1. The summed E-state index contributed by atoms with van der Waals surface area (Å²) < 4.78 is 14.6. The topological polar surface area (TPSA) is 151 Å². The van der Waals surface area contributed by atoms with Gasteiger partial charge in [0.1, 0.15) is 5.70 Å². The third kappa shape index (κ3) is 6.83. The van der Waals surface area contributed by atoms with Gasteiger partial charge < -0.3 is 21.7 Å². The lowest BCUT2D eigenvalue weighted by molar-refractivity contribution is -0.120. The number of hydrogen-bond acceptors (Lipinski definition) is 9. The minimum absolute atomic E-state index is 0.0259. The average Bonchev–Trinajstić information content (AvgIpc) is 3.53. The van der Waals surface area contributed by atoms with Crippen molar-refractivity contribution in [3.05, 3.63) is 94.2 Å². The normalized spacial score (nSPS) is 17.2. The third-order valence-electron chi connectivity index (χ3n) is 7.48. The van der Waals surface area contributed by atoms with E-state index in [-0.39, 0.29) is 33.9 Å². The van der Waals surface area contributed by atoms with Crippen LogP contribution in [0.3, 0.4) is 0 Å². The molecule has 228 valence electrons. The maximum absolute atomic E-state index is 14.6. The fraction of sp³-hybridized carbons (Fsp3) is 0.226. The van der Waals surface area contributed by atoms with E-state index in [2.05, 4.69) is 25.9 Å². The van der Waals surface area contributed by atoms with Gasteiger partial charge in [-0.15, -0.1) is 11.3 Å². The van der Waals surface area contributed by atoms with Gasteiger partial charge in [0.05, 0.1) is 33.8 Å². The number of anilines is 4. The minimum Gasteiger partial charge on any atom is -0.393 e. The molecule has 13 heteroatoms. The number of carbonyl (C=O) groups excluding carboxylic acids is 2. The Labute approximate surface area is 263 Å². The summed E-state index contributed by atoms with van der Waals surface area (Å²) in [5.74, 6) is 4.42. The molecule has 7 N–H and O–H groups in total. The van der Waals surface area contributed by atoms with Crippen molar-refractivity contribution in [1.82, 2.24) is 15.3 Å². The van der Waals surface area contributed by atoms with E-state index >= 15 is 0 Å². The molecule has 1 aliphatic rings. The second-order valence-corrected chi connectivity index (χ2v) is 11.8. The highest BCUT2D eigenvalue weighted by Gasteiger charge is 2.24. The van der Waals surface area contributed by atoms with E-state index in [1.54, 1.807) is 18.5 Å². The zero-order valence-corrected chi connectivity index (χ0v) is 25.7. The van der Waals surface area contributed by atoms with E-state index in [4.69, 9.17) is 23.2 Å². The van der Waals surface area contributed by atoms with Crippen LogP contribution in [0.5, 0.6) is 0 Å². The molecule has 2 aromatic heterocycles. The molecule has 0 fully saturated rings. The molecule has 10 nitrogen and oxygen atoms in total. The highest BCUT2D eigenvalue weighted by molar-refractivity contribution is 7.13. The molecule has 0 spiro atoms. The van der Waals surface area contributed by atoms with Gasteiger partial charge in [0, 0.05) is 34.9 Å². The van der Waals surface area contributed by atoms with Crippen molar-refractivity contribution in [1.29, 1.82) is 0 Å². The van der Waals surface area contributed by atoms with Gasteiger partial charge in [0.15, 0.2) is 10.9 Å². The molecule has 0 aliphatic carbocycles. The molecular formula is C31H32ClFN8O2S. The molecule has 0 radical (unpaired) electrons. The van der Waals surface area contributed by atoms with Crippen LogP contribution in [-0.4, -0.2) is 21.8 Å². The monoisotopic (exact) mass is 634 g/mol. The summed E-state index contributed by atoms with van der Waals surface area (Å²) in [6, 6.07) is 13.3. The van der Waals surface area contributed by atoms with Crippen molar-refractivity contribution < 1.29 is 14.0 Å². The van der Waals surface area contributed by atoms with Crippen LogP contribution in [-0.2, 0) is 9.59 Å². The number of rotatable bonds is 6. The highest BCUT2D eigenvalue weighted by atomic mass is 35.5. The van der Waals surface area contributed by atoms with Crippen LogP contribution < -0.4 is 32.5 Å². The Morgan fingerprint density at radius 1 is 1.16 bits per heavy atom. The quantitative estimate of drug-likeness (QED) is 0.0951. The zero-order chi connectivity index (χ0) is 31.4. The third-order valence-corrected chi connectivity index (χ3v) is 8.46. The standard InChI is InChI=1S/C31H32ClFN8O2S/c1-17-5-3-7-23(39-30(43)28(34)18(2)41(35)26-8-4-6-22(32)27(26)33)25-15-19(11-12-36-25)21-10-9-20(16-24(21)40-29(17)42)38-31-37-13-14-44-31/h4,6,8-17,23H,3,5,7,34-35H2,1-2H3,(H,37,38)(H,39,43)(H,40,42)/b28-18-. The van der Waals surface area contributed by atoms with E-state index in [1.807, 2.05) is 42.6 Å². The number of carbonyl (C=O) groups is 2. The molecule has 2 atom stereocenters. The van der Waals surface area contributed by atoms with Crippen LogP contribution in [0.1, 0.15) is 44.8 Å². The molecule has 44 heavy (non-hydrogen) atoms. The molecule has 5 rings (SSSR count). The summed E-state index contributed by atoms with van der Waals surface area (Å²) in [5, 5.41) is 12.8. The molecule has 3 heterocycles. The van der Waals surface area contributed by atoms with Crippen LogP contribution in [0.4, 0.5) is 26.6 Å². The zero-order valence-electron chi connectivity index (χ0n) is 24.1. The van der Waals surface area contributed by atoms with Gasteiger partial charge in [-0.2, -0.15) is 0 Å². The van der Waals surface area contributed by atoms with E-state index in [1.165, 1.54) is 30.4 Å². The van der Waals surface area contributed by atoms with Gasteiger partial charge >= 0.3 is 0 Å². The van der Waals surface area contributed by atoms with Gasteiger partial charge in [-0.25, -0.2) is 15.2 Å². The highest BCUT2D eigenvalue weighted by Crippen LogP contribution is 2.35. The van der Waals surface area contributed by atoms with Crippen LogP contribution in [0.15, 0.2) is 77.7 Å². The number of hydrazine groups is 1. The maximum Gasteiger partial charge on any atom is 0.269 e. The Bertz CT molecular complexity index is 1710. The van der Waals surface area contributed by atoms with Crippen molar-refractivity contribution >= 4 is 56.9 Å². The first-order valence-electron chi connectivity index (χ1n) is 14.0. The molecule has 4 aromatic rings. The summed E-state index contributed by atoms with van der Waals surface area (Å²) >= 11 is 7.38. The van der Waals surface area contributed by atoms with Crippen LogP contribution in [0.25, 0.3) is 11.1 Å². The number of amides is 2. The predicted molar refractivity (Wildman–Crippen MR) is 173 cm³/mol. The fourth-order valence-electron chi connectivity index (χ4n) is 4.89. The maximum atomic E-state index is 14.6. The molecule has 0 saturated carbocycles. The van der Waals surface area contributed by atoms with Gasteiger partial charge in [0.2, 0.25) is 5.91 Å². The first-order valence-corrected chi connectivity index (χ1v) is 15.2. The number of halogens is 2. The smallest absolute Gasteiger partial charge is 0.269 e. The summed E-state index contributed by atoms with van der Waals surface area (Å²) in [7, 11) is 0. The number of benzene rings is 2. The first-order chi connectivity index (χ1) is 21.1. The fourth-order valence-corrected chi connectivity index (χ4v) is 5.61. The number of fused-ring (bicyclic) bond motifs is 4. The molecule has 2 aromatic carbocycles.